The highest BCUT2D eigenvalue weighted by Crippen LogP contribution is 2.44. The lowest BCUT2D eigenvalue weighted by molar-refractivity contribution is -0.139. The molecule has 0 bridgehead atoms. The summed E-state index contributed by atoms with van der Waals surface area (Å²) in [5.41, 5.74) is 1.43. The minimum absolute atomic E-state index is 0.443. The number of hydrogen-bond donors (Lipinski definition) is 2. The molecule has 6 nitrogen and oxygen atoms in total. The summed E-state index contributed by atoms with van der Waals surface area (Å²) in [5, 5.41) is 12.3. The van der Waals surface area contributed by atoms with Crippen LogP contribution in [0.15, 0.2) is 6.07 Å². The van der Waals surface area contributed by atoms with Gasteiger partial charge < -0.3 is 24.6 Å². The van der Waals surface area contributed by atoms with E-state index in [0.29, 0.717) is 35.8 Å². The Morgan fingerprint density at radius 1 is 1.26 bits per heavy atom. The molecule has 19 heavy (non-hydrogen) atoms. The molecule has 0 radical (unpaired) electrons. The third kappa shape index (κ3) is 2.19. The first kappa shape index (κ1) is 13.5. The van der Waals surface area contributed by atoms with E-state index in [1.54, 1.807) is 13.2 Å². The second-order valence-corrected chi connectivity index (χ2v) is 4.18. The van der Waals surface area contributed by atoms with Gasteiger partial charge in [-0.15, -0.1) is 0 Å². The molecule has 1 aliphatic rings. The highest BCUT2D eigenvalue weighted by molar-refractivity contribution is 5.79. The molecule has 1 aromatic rings. The number of aliphatic carboxylic acids is 1. The van der Waals surface area contributed by atoms with Crippen molar-refractivity contribution in [3.8, 4) is 17.2 Å². The maximum atomic E-state index is 11.4. The number of hydrogen-bond acceptors (Lipinski definition) is 5. The second kappa shape index (κ2) is 5.36. The predicted octanol–water partition coefficient (Wildman–Crippen LogP) is 0.984. The molecule has 1 atom stereocenters. The number of carboxylic acids is 1. The molecule has 104 valence electrons. The van der Waals surface area contributed by atoms with Gasteiger partial charge in [0.1, 0.15) is 11.8 Å². The van der Waals surface area contributed by atoms with Crippen LogP contribution < -0.4 is 19.5 Å². The minimum Gasteiger partial charge on any atom is -0.496 e. The molecule has 0 fully saturated rings. The molecule has 2 N–H and O–H groups in total. The summed E-state index contributed by atoms with van der Waals surface area (Å²) in [6, 6.07) is 0.907. The molecule has 1 aliphatic heterocycles. The van der Waals surface area contributed by atoms with Gasteiger partial charge in [-0.3, -0.25) is 4.79 Å². The van der Waals surface area contributed by atoms with Crippen LogP contribution in [0.3, 0.4) is 0 Å². The van der Waals surface area contributed by atoms with E-state index in [1.807, 2.05) is 0 Å². The van der Waals surface area contributed by atoms with Gasteiger partial charge >= 0.3 is 5.97 Å². The lowest BCUT2D eigenvalue weighted by atomic mass is 9.92. The zero-order chi connectivity index (χ0) is 14.0. The van der Waals surface area contributed by atoms with E-state index in [2.05, 4.69) is 5.32 Å². The van der Waals surface area contributed by atoms with Crippen LogP contribution in [0, 0.1) is 0 Å². The number of rotatable bonds is 4. The van der Waals surface area contributed by atoms with Gasteiger partial charge in [0.25, 0.3) is 0 Å². The Labute approximate surface area is 111 Å². The average molecular weight is 267 g/mol. The fourth-order valence-corrected chi connectivity index (χ4v) is 2.44. The summed E-state index contributed by atoms with van der Waals surface area (Å²) in [4.78, 5) is 11.4. The largest absolute Gasteiger partial charge is 0.496 e. The Morgan fingerprint density at radius 2 is 1.95 bits per heavy atom. The smallest absolute Gasteiger partial charge is 0.325 e. The normalized spacial score (nSPS) is 17.5. The zero-order valence-electron chi connectivity index (χ0n) is 11.1. The molecule has 0 saturated heterocycles. The summed E-state index contributed by atoms with van der Waals surface area (Å²) in [6.07, 6.45) is 0.683. The van der Waals surface area contributed by atoms with Crippen LogP contribution in [0.4, 0.5) is 0 Å². The first-order chi connectivity index (χ1) is 9.13. The molecular formula is C13H17NO5. The molecule has 0 spiro atoms. The van der Waals surface area contributed by atoms with Crippen molar-refractivity contribution in [3.05, 3.63) is 17.2 Å². The molecule has 0 amide bonds. The zero-order valence-corrected chi connectivity index (χ0v) is 11.1. The number of carboxylic acid groups (broad SMARTS) is 1. The van der Waals surface area contributed by atoms with Crippen molar-refractivity contribution in [2.24, 2.45) is 0 Å². The monoisotopic (exact) mass is 267 g/mol. The molecule has 2 rings (SSSR count). The van der Waals surface area contributed by atoms with Crippen molar-refractivity contribution in [2.75, 3.05) is 27.9 Å². The molecular weight excluding hydrogens is 250 g/mol. The van der Waals surface area contributed by atoms with Gasteiger partial charge in [-0.2, -0.15) is 0 Å². The maximum Gasteiger partial charge on any atom is 0.325 e. The summed E-state index contributed by atoms with van der Waals surface area (Å²) < 4.78 is 15.9. The lowest BCUT2D eigenvalue weighted by Gasteiger charge is -2.28. The number of benzene rings is 1. The first-order valence-electron chi connectivity index (χ1n) is 5.92. The highest BCUT2D eigenvalue weighted by Gasteiger charge is 2.33. The maximum absolute atomic E-state index is 11.4. The van der Waals surface area contributed by atoms with E-state index in [9.17, 15) is 9.90 Å². The SMILES string of the molecule is COc1cc(OC)c(OC)c2c1CCNC2C(=O)O. The third-order valence-corrected chi connectivity index (χ3v) is 3.26. The van der Waals surface area contributed by atoms with Crippen molar-refractivity contribution in [1.82, 2.24) is 5.32 Å². The van der Waals surface area contributed by atoms with E-state index >= 15 is 0 Å². The average Bonchev–Trinajstić information content (AvgIpc) is 2.44. The van der Waals surface area contributed by atoms with Crippen LogP contribution in [0.5, 0.6) is 17.2 Å². The molecule has 6 heteroatoms. The first-order valence-corrected chi connectivity index (χ1v) is 5.92. The Balaban J connectivity index is 2.71. The summed E-state index contributed by atoms with van der Waals surface area (Å²) >= 11 is 0. The Hall–Kier alpha value is -1.95. The van der Waals surface area contributed by atoms with Crippen LogP contribution in [0.1, 0.15) is 17.2 Å². The molecule has 0 saturated carbocycles. The quantitative estimate of drug-likeness (QED) is 0.847. The Morgan fingerprint density at radius 3 is 2.47 bits per heavy atom. The number of ether oxygens (including phenoxy) is 3. The molecule has 1 aromatic carbocycles. The highest BCUT2D eigenvalue weighted by atomic mass is 16.5. The summed E-state index contributed by atoms with van der Waals surface area (Å²) in [5.74, 6) is 0.584. The van der Waals surface area contributed by atoms with Crippen LogP contribution in [-0.4, -0.2) is 38.9 Å². The number of nitrogens with one attached hydrogen (secondary N) is 1. The van der Waals surface area contributed by atoms with Crippen LogP contribution in [-0.2, 0) is 11.2 Å². The molecule has 1 unspecified atom stereocenters. The molecule has 0 aromatic heterocycles. The van der Waals surface area contributed by atoms with Gasteiger partial charge in [-0.25, -0.2) is 0 Å². The predicted molar refractivity (Wildman–Crippen MR) is 68.2 cm³/mol. The fourth-order valence-electron chi connectivity index (χ4n) is 2.44. The molecule has 0 aliphatic carbocycles. The van der Waals surface area contributed by atoms with Crippen molar-refractivity contribution in [3.63, 3.8) is 0 Å². The Bertz CT molecular complexity index is 478. The number of fused-ring (bicyclic) bond motifs is 1. The van der Waals surface area contributed by atoms with E-state index < -0.39 is 12.0 Å². The van der Waals surface area contributed by atoms with Crippen LogP contribution in [0.25, 0.3) is 0 Å². The van der Waals surface area contributed by atoms with Crippen molar-refractivity contribution in [1.29, 1.82) is 0 Å². The van der Waals surface area contributed by atoms with Gasteiger partial charge in [0.05, 0.1) is 21.3 Å². The standard InChI is InChI=1S/C13H17NO5/c1-17-8-6-9(18-2)12(19-3)10-7(8)4-5-14-11(10)13(15)16/h6,11,14H,4-5H2,1-3H3,(H,15,16). The van der Waals surface area contributed by atoms with Crippen molar-refractivity contribution >= 4 is 5.97 Å². The van der Waals surface area contributed by atoms with E-state index in [0.717, 1.165) is 5.56 Å². The minimum atomic E-state index is -0.949. The van der Waals surface area contributed by atoms with Gasteiger partial charge in [0.2, 0.25) is 0 Å². The van der Waals surface area contributed by atoms with Crippen molar-refractivity contribution < 1.29 is 24.1 Å². The summed E-state index contributed by atoms with van der Waals surface area (Å²) in [6.45, 7) is 0.579. The van der Waals surface area contributed by atoms with Crippen molar-refractivity contribution in [2.45, 2.75) is 12.5 Å². The third-order valence-electron chi connectivity index (χ3n) is 3.26. The van der Waals surface area contributed by atoms with Gasteiger partial charge in [-0.1, -0.05) is 0 Å². The van der Waals surface area contributed by atoms with E-state index in [4.69, 9.17) is 14.2 Å². The van der Waals surface area contributed by atoms with Gasteiger partial charge in [-0.05, 0) is 6.42 Å². The topological polar surface area (TPSA) is 77.0 Å². The van der Waals surface area contributed by atoms with E-state index in [1.165, 1.54) is 14.2 Å². The Kier molecular flexibility index (Phi) is 3.80. The van der Waals surface area contributed by atoms with Crippen LogP contribution in [0.2, 0.25) is 0 Å². The second-order valence-electron chi connectivity index (χ2n) is 4.18. The number of methoxy groups -OCH3 is 3. The number of carbonyl (C=O) groups is 1. The fraction of sp³-hybridized carbons (Fsp3) is 0.462. The van der Waals surface area contributed by atoms with Gasteiger partial charge in [0, 0.05) is 23.7 Å². The summed E-state index contributed by atoms with van der Waals surface area (Å²) in [7, 11) is 4.56. The van der Waals surface area contributed by atoms with E-state index in [-0.39, 0.29) is 0 Å². The molecule has 1 heterocycles. The van der Waals surface area contributed by atoms with Gasteiger partial charge in [0.15, 0.2) is 11.5 Å². The van der Waals surface area contributed by atoms with Crippen LogP contribution >= 0.6 is 0 Å². The lowest BCUT2D eigenvalue weighted by Crippen LogP contribution is -2.35.